The van der Waals surface area contributed by atoms with Gasteiger partial charge >= 0.3 is 0 Å². The van der Waals surface area contributed by atoms with E-state index in [9.17, 15) is 0 Å². The summed E-state index contributed by atoms with van der Waals surface area (Å²) in [5.41, 5.74) is 8.37. The quantitative estimate of drug-likeness (QED) is 0.716. The van der Waals surface area contributed by atoms with Gasteiger partial charge in [-0.25, -0.2) is 9.97 Å². The van der Waals surface area contributed by atoms with Crippen LogP contribution in [0.1, 0.15) is 10.8 Å². The van der Waals surface area contributed by atoms with Crippen molar-refractivity contribution < 1.29 is 4.42 Å². The lowest BCUT2D eigenvalue weighted by Gasteiger charge is -1.87. The van der Waals surface area contributed by atoms with Gasteiger partial charge in [-0.05, 0) is 0 Å². The average Bonchev–Trinajstić information content (AvgIpc) is 2.88. The molecule has 0 atom stereocenters. The highest BCUT2D eigenvalue weighted by Gasteiger charge is 2.11. The third-order valence-corrected chi connectivity index (χ3v) is 2.86. The highest BCUT2D eigenvalue weighted by Crippen LogP contribution is 2.19. The molecule has 6 nitrogen and oxygen atoms in total. The summed E-state index contributed by atoms with van der Waals surface area (Å²) in [6.07, 6.45) is 3.74. The second-order valence-electron chi connectivity index (χ2n) is 3.16. The molecule has 3 aromatic rings. The molecule has 0 radical (unpaired) electrons. The van der Waals surface area contributed by atoms with Crippen molar-refractivity contribution in [3.63, 3.8) is 0 Å². The van der Waals surface area contributed by atoms with E-state index in [-0.39, 0.29) is 0 Å². The summed E-state index contributed by atoms with van der Waals surface area (Å²) >= 11 is 1.55. The van der Waals surface area contributed by atoms with Crippen LogP contribution < -0.4 is 5.73 Å². The normalized spacial score (nSPS) is 11.0. The van der Waals surface area contributed by atoms with E-state index < -0.39 is 0 Å². The molecule has 0 unspecified atom stereocenters. The van der Waals surface area contributed by atoms with Crippen LogP contribution in [0.4, 0.5) is 5.82 Å². The van der Waals surface area contributed by atoms with Crippen LogP contribution in [0, 0.1) is 0 Å². The third-order valence-electron chi connectivity index (χ3n) is 2.08. The van der Waals surface area contributed by atoms with Crippen LogP contribution >= 0.6 is 11.3 Å². The molecule has 0 fully saturated rings. The fourth-order valence-electron chi connectivity index (χ4n) is 1.37. The lowest BCUT2D eigenvalue weighted by atomic mass is 10.4. The standard InChI is InChI=1S/C9H7N5OS/c10-8-7-9(13-3-12-8)15-6(14-7)1-5-2-11-4-16-5/h2-4H,1H2,(H2,10,12,13). The van der Waals surface area contributed by atoms with Crippen molar-refractivity contribution in [2.45, 2.75) is 6.42 Å². The Balaban J connectivity index is 2.02. The molecule has 3 aromatic heterocycles. The summed E-state index contributed by atoms with van der Waals surface area (Å²) in [5.74, 6) is 0.913. The van der Waals surface area contributed by atoms with Crippen molar-refractivity contribution in [1.82, 2.24) is 19.9 Å². The molecule has 0 aromatic carbocycles. The van der Waals surface area contributed by atoms with Crippen molar-refractivity contribution in [3.8, 4) is 0 Å². The maximum absolute atomic E-state index is 5.66. The minimum Gasteiger partial charge on any atom is -0.422 e. The van der Waals surface area contributed by atoms with Gasteiger partial charge in [0.05, 0.1) is 11.9 Å². The number of nitrogen functional groups attached to an aromatic ring is 1. The fraction of sp³-hybridized carbons (Fsp3) is 0.111. The Labute approximate surface area is 94.2 Å². The molecule has 80 valence electrons. The van der Waals surface area contributed by atoms with Gasteiger partial charge in [-0.15, -0.1) is 11.3 Å². The second-order valence-corrected chi connectivity index (χ2v) is 4.14. The molecule has 0 spiro atoms. The van der Waals surface area contributed by atoms with Gasteiger partial charge in [0.1, 0.15) is 6.33 Å². The molecule has 0 bridgehead atoms. The number of thiazole rings is 1. The minimum absolute atomic E-state index is 0.337. The van der Waals surface area contributed by atoms with Gasteiger partial charge < -0.3 is 10.2 Å². The maximum Gasteiger partial charge on any atom is 0.252 e. The van der Waals surface area contributed by atoms with E-state index in [0.29, 0.717) is 29.4 Å². The SMILES string of the molecule is Nc1ncnc2oc(Cc3cncs3)nc12. The Morgan fingerprint density at radius 3 is 3.06 bits per heavy atom. The minimum atomic E-state index is 0.337. The predicted octanol–water partition coefficient (Wildman–Crippen LogP) is 1.25. The van der Waals surface area contributed by atoms with E-state index in [1.165, 1.54) is 6.33 Å². The van der Waals surface area contributed by atoms with Crippen molar-refractivity contribution in [1.29, 1.82) is 0 Å². The first-order valence-electron chi connectivity index (χ1n) is 4.56. The Kier molecular flexibility index (Phi) is 2.03. The zero-order chi connectivity index (χ0) is 11.0. The van der Waals surface area contributed by atoms with E-state index in [1.807, 2.05) is 0 Å². The average molecular weight is 233 g/mol. The van der Waals surface area contributed by atoms with E-state index in [0.717, 1.165) is 4.88 Å². The third kappa shape index (κ3) is 1.50. The molecule has 0 aliphatic carbocycles. The first-order valence-corrected chi connectivity index (χ1v) is 5.44. The van der Waals surface area contributed by atoms with Crippen LogP contribution in [0.5, 0.6) is 0 Å². The van der Waals surface area contributed by atoms with Gasteiger partial charge in [0, 0.05) is 11.1 Å². The Morgan fingerprint density at radius 2 is 2.31 bits per heavy atom. The molecular weight excluding hydrogens is 226 g/mol. The molecule has 0 saturated heterocycles. The first kappa shape index (κ1) is 9.22. The number of aromatic nitrogens is 4. The molecule has 0 aliphatic heterocycles. The molecule has 3 rings (SSSR count). The Morgan fingerprint density at radius 1 is 1.38 bits per heavy atom. The summed E-state index contributed by atoms with van der Waals surface area (Å²) < 4.78 is 5.46. The van der Waals surface area contributed by atoms with Crippen LogP contribution in [0.3, 0.4) is 0 Å². The van der Waals surface area contributed by atoms with Crippen molar-refractivity contribution in [3.05, 3.63) is 28.8 Å². The van der Waals surface area contributed by atoms with Crippen LogP contribution in [0.2, 0.25) is 0 Å². The van der Waals surface area contributed by atoms with Gasteiger partial charge in [-0.3, -0.25) is 4.98 Å². The number of nitrogens with two attached hydrogens (primary N) is 1. The van der Waals surface area contributed by atoms with Gasteiger partial charge in [-0.1, -0.05) is 0 Å². The van der Waals surface area contributed by atoms with Crippen LogP contribution in [-0.2, 0) is 6.42 Å². The summed E-state index contributed by atoms with van der Waals surface area (Å²) in [6.45, 7) is 0. The molecule has 2 N–H and O–H groups in total. The largest absolute Gasteiger partial charge is 0.422 e. The maximum atomic E-state index is 5.66. The molecule has 7 heteroatoms. The highest BCUT2D eigenvalue weighted by molar-refractivity contribution is 7.09. The highest BCUT2D eigenvalue weighted by atomic mass is 32.1. The lowest BCUT2D eigenvalue weighted by molar-refractivity contribution is 0.536. The molecule has 0 amide bonds. The number of hydrogen-bond acceptors (Lipinski definition) is 7. The number of oxazole rings is 1. The first-order chi connectivity index (χ1) is 7.83. The summed E-state index contributed by atoms with van der Waals surface area (Å²) in [6, 6.07) is 0. The van der Waals surface area contributed by atoms with Crippen LogP contribution in [-0.4, -0.2) is 19.9 Å². The van der Waals surface area contributed by atoms with E-state index in [1.54, 1.807) is 23.0 Å². The zero-order valence-electron chi connectivity index (χ0n) is 8.12. The monoisotopic (exact) mass is 233 g/mol. The number of hydrogen-bond donors (Lipinski definition) is 1. The molecule has 0 aliphatic rings. The molecule has 0 saturated carbocycles. The fourth-order valence-corrected chi connectivity index (χ4v) is 1.95. The van der Waals surface area contributed by atoms with Gasteiger partial charge in [-0.2, -0.15) is 4.98 Å². The van der Waals surface area contributed by atoms with Gasteiger partial charge in [0.15, 0.2) is 11.3 Å². The second kappa shape index (κ2) is 3.53. The summed E-state index contributed by atoms with van der Waals surface area (Å²) in [4.78, 5) is 17.1. The molecular formula is C9H7N5OS. The van der Waals surface area contributed by atoms with Gasteiger partial charge in [0.25, 0.3) is 5.71 Å². The van der Waals surface area contributed by atoms with Crippen LogP contribution in [0.25, 0.3) is 11.2 Å². The molecule has 3 heterocycles. The number of anilines is 1. The van der Waals surface area contributed by atoms with Crippen molar-refractivity contribution >= 4 is 28.4 Å². The number of rotatable bonds is 2. The summed E-state index contributed by atoms with van der Waals surface area (Å²) in [5, 5.41) is 0. The van der Waals surface area contributed by atoms with E-state index in [2.05, 4.69) is 19.9 Å². The topological polar surface area (TPSA) is 90.7 Å². The number of fused-ring (bicyclic) bond motifs is 1. The van der Waals surface area contributed by atoms with Crippen LogP contribution in [0.15, 0.2) is 22.5 Å². The Bertz CT molecular complexity index is 618. The lowest BCUT2D eigenvalue weighted by Crippen LogP contribution is -1.91. The number of nitrogens with zero attached hydrogens (tertiary/aromatic N) is 4. The predicted molar refractivity (Wildman–Crippen MR) is 58.9 cm³/mol. The zero-order valence-corrected chi connectivity index (χ0v) is 8.94. The smallest absolute Gasteiger partial charge is 0.252 e. The summed E-state index contributed by atoms with van der Waals surface area (Å²) in [7, 11) is 0. The van der Waals surface area contributed by atoms with Gasteiger partial charge in [0.2, 0.25) is 5.89 Å². The van der Waals surface area contributed by atoms with E-state index in [4.69, 9.17) is 10.2 Å². The Hall–Kier alpha value is -2.02. The van der Waals surface area contributed by atoms with E-state index >= 15 is 0 Å². The molecule has 16 heavy (non-hydrogen) atoms. The van der Waals surface area contributed by atoms with Crippen molar-refractivity contribution in [2.24, 2.45) is 0 Å². The van der Waals surface area contributed by atoms with Crippen molar-refractivity contribution in [2.75, 3.05) is 5.73 Å².